The largest absolute Gasteiger partial charge is 0.494 e. The van der Waals surface area contributed by atoms with Gasteiger partial charge in [0.2, 0.25) is 0 Å². The summed E-state index contributed by atoms with van der Waals surface area (Å²) in [6.07, 6.45) is 2.19. The Morgan fingerprint density at radius 1 is 1.39 bits per heavy atom. The van der Waals surface area contributed by atoms with Gasteiger partial charge in [-0.1, -0.05) is 12.2 Å². The van der Waals surface area contributed by atoms with Gasteiger partial charge < -0.3 is 15.4 Å². The van der Waals surface area contributed by atoms with E-state index in [1.807, 2.05) is 19.1 Å². The SMILES string of the molecule is CCOc1ccc(NC(=O)C(=S)NC2CC2)cc1. The highest BCUT2D eigenvalue weighted by atomic mass is 32.1. The number of hydrogen-bond acceptors (Lipinski definition) is 3. The lowest BCUT2D eigenvalue weighted by atomic mass is 10.3. The number of anilines is 1. The van der Waals surface area contributed by atoms with Crippen LogP contribution >= 0.6 is 12.2 Å². The summed E-state index contributed by atoms with van der Waals surface area (Å²) in [5, 5.41) is 5.75. The lowest BCUT2D eigenvalue weighted by Crippen LogP contribution is -2.35. The Hall–Kier alpha value is -1.62. The summed E-state index contributed by atoms with van der Waals surface area (Å²) in [6, 6.07) is 7.61. The van der Waals surface area contributed by atoms with Crippen LogP contribution in [-0.4, -0.2) is 23.5 Å². The molecule has 96 valence electrons. The lowest BCUT2D eigenvalue weighted by molar-refractivity contribution is -0.110. The van der Waals surface area contributed by atoms with Crippen LogP contribution in [0.15, 0.2) is 24.3 Å². The molecule has 0 spiro atoms. The first kappa shape index (κ1) is 12.8. The molecule has 0 heterocycles. The number of hydrogen-bond donors (Lipinski definition) is 2. The molecule has 0 bridgehead atoms. The van der Waals surface area contributed by atoms with Crippen molar-refractivity contribution in [3.05, 3.63) is 24.3 Å². The van der Waals surface area contributed by atoms with Crippen LogP contribution in [-0.2, 0) is 4.79 Å². The molecule has 1 aliphatic carbocycles. The maximum Gasteiger partial charge on any atom is 0.283 e. The van der Waals surface area contributed by atoms with E-state index in [9.17, 15) is 4.79 Å². The van der Waals surface area contributed by atoms with Crippen LogP contribution < -0.4 is 15.4 Å². The second kappa shape index (κ2) is 5.82. The van der Waals surface area contributed by atoms with Crippen LogP contribution in [0.25, 0.3) is 0 Å². The fourth-order valence-corrected chi connectivity index (χ4v) is 1.69. The molecule has 5 heteroatoms. The van der Waals surface area contributed by atoms with E-state index in [-0.39, 0.29) is 10.9 Å². The molecule has 0 aliphatic heterocycles. The molecule has 0 aromatic heterocycles. The summed E-state index contributed by atoms with van der Waals surface area (Å²) in [7, 11) is 0. The highest BCUT2D eigenvalue weighted by Gasteiger charge is 2.24. The first-order chi connectivity index (χ1) is 8.69. The van der Waals surface area contributed by atoms with Crippen LogP contribution in [0.1, 0.15) is 19.8 Å². The van der Waals surface area contributed by atoms with Gasteiger partial charge in [0.1, 0.15) is 5.75 Å². The van der Waals surface area contributed by atoms with E-state index < -0.39 is 0 Å². The number of benzene rings is 1. The molecule has 1 amide bonds. The van der Waals surface area contributed by atoms with E-state index in [2.05, 4.69) is 10.6 Å². The van der Waals surface area contributed by atoms with Gasteiger partial charge in [-0.3, -0.25) is 4.79 Å². The number of amides is 1. The molecule has 1 saturated carbocycles. The molecule has 18 heavy (non-hydrogen) atoms. The van der Waals surface area contributed by atoms with Crippen molar-refractivity contribution in [1.82, 2.24) is 5.32 Å². The summed E-state index contributed by atoms with van der Waals surface area (Å²) in [6.45, 7) is 2.55. The molecular formula is C13H16N2O2S. The Balaban J connectivity index is 1.87. The quantitative estimate of drug-likeness (QED) is 0.818. The number of nitrogens with one attached hydrogen (secondary N) is 2. The van der Waals surface area contributed by atoms with Crippen molar-refractivity contribution >= 4 is 28.8 Å². The Kier molecular flexibility index (Phi) is 4.15. The van der Waals surface area contributed by atoms with Gasteiger partial charge in [0, 0.05) is 11.7 Å². The zero-order valence-corrected chi connectivity index (χ0v) is 11.0. The molecular weight excluding hydrogens is 248 g/mol. The van der Waals surface area contributed by atoms with Gasteiger partial charge in [-0.25, -0.2) is 0 Å². The summed E-state index contributed by atoms with van der Waals surface area (Å²) in [4.78, 5) is 12.0. The van der Waals surface area contributed by atoms with E-state index in [1.54, 1.807) is 12.1 Å². The minimum Gasteiger partial charge on any atom is -0.494 e. The second-order valence-corrected chi connectivity index (χ2v) is 4.57. The Labute approximate surface area is 112 Å². The fourth-order valence-electron chi connectivity index (χ4n) is 1.47. The zero-order chi connectivity index (χ0) is 13.0. The van der Waals surface area contributed by atoms with E-state index in [0.29, 0.717) is 18.3 Å². The van der Waals surface area contributed by atoms with Gasteiger partial charge in [0.25, 0.3) is 5.91 Å². The average molecular weight is 264 g/mol. The first-order valence-corrected chi connectivity index (χ1v) is 6.44. The maximum atomic E-state index is 11.7. The maximum absolute atomic E-state index is 11.7. The molecule has 0 atom stereocenters. The second-order valence-electron chi connectivity index (χ2n) is 4.16. The smallest absolute Gasteiger partial charge is 0.283 e. The van der Waals surface area contributed by atoms with Crippen molar-refractivity contribution in [2.45, 2.75) is 25.8 Å². The predicted octanol–water partition coefficient (Wildman–Crippen LogP) is 2.10. The van der Waals surface area contributed by atoms with Gasteiger partial charge in [-0.15, -0.1) is 0 Å². The molecule has 0 saturated heterocycles. The lowest BCUT2D eigenvalue weighted by Gasteiger charge is -2.08. The van der Waals surface area contributed by atoms with E-state index >= 15 is 0 Å². The van der Waals surface area contributed by atoms with Crippen molar-refractivity contribution in [2.75, 3.05) is 11.9 Å². The molecule has 1 fully saturated rings. The average Bonchev–Trinajstić information content (AvgIpc) is 3.16. The highest BCUT2D eigenvalue weighted by molar-refractivity contribution is 7.82. The van der Waals surface area contributed by atoms with E-state index in [0.717, 1.165) is 18.6 Å². The summed E-state index contributed by atoms with van der Waals surface area (Å²) < 4.78 is 5.32. The monoisotopic (exact) mass is 264 g/mol. The third kappa shape index (κ3) is 3.70. The number of carbonyl (C=O) groups is 1. The van der Waals surface area contributed by atoms with Crippen molar-refractivity contribution < 1.29 is 9.53 Å². The Morgan fingerprint density at radius 2 is 2.06 bits per heavy atom. The van der Waals surface area contributed by atoms with Gasteiger partial charge >= 0.3 is 0 Å². The van der Waals surface area contributed by atoms with E-state index in [1.165, 1.54) is 0 Å². The minimum atomic E-state index is -0.263. The number of carbonyl (C=O) groups excluding carboxylic acids is 1. The molecule has 1 aromatic carbocycles. The van der Waals surface area contributed by atoms with Crippen molar-refractivity contribution in [1.29, 1.82) is 0 Å². The molecule has 1 aromatic rings. The normalized spacial score (nSPS) is 13.8. The van der Waals surface area contributed by atoms with E-state index in [4.69, 9.17) is 17.0 Å². The molecule has 2 N–H and O–H groups in total. The fraction of sp³-hybridized carbons (Fsp3) is 0.385. The minimum absolute atomic E-state index is 0.256. The van der Waals surface area contributed by atoms with Gasteiger partial charge in [-0.05, 0) is 44.0 Å². The zero-order valence-electron chi connectivity index (χ0n) is 10.2. The topological polar surface area (TPSA) is 50.4 Å². The van der Waals surface area contributed by atoms with Crippen LogP contribution in [0.3, 0.4) is 0 Å². The summed E-state index contributed by atoms with van der Waals surface area (Å²) >= 11 is 5.01. The third-order valence-electron chi connectivity index (χ3n) is 2.54. The number of thiocarbonyl (C=S) groups is 1. The first-order valence-electron chi connectivity index (χ1n) is 6.03. The van der Waals surface area contributed by atoms with Crippen molar-refractivity contribution in [3.63, 3.8) is 0 Å². The van der Waals surface area contributed by atoms with Crippen LogP contribution in [0.2, 0.25) is 0 Å². The standard InChI is InChI=1S/C13H16N2O2S/c1-2-17-11-7-5-9(6-8-11)14-12(16)13(18)15-10-3-4-10/h5-8,10H,2-4H2,1H3,(H,14,16)(H,15,18). The molecule has 4 nitrogen and oxygen atoms in total. The molecule has 2 rings (SSSR count). The summed E-state index contributed by atoms with van der Waals surface area (Å²) in [5.74, 6) is 0.523. The van der Waals surface area contributed by atoms with Crippen LogP contribution in [0.4, 0.5) is 5.69 Å². The molecule has 0 radical (unpaired) electrons. The number of ether oxygens (including phenoxy) is 1. The molecule has 0 unspecified atom stereocenters. The van der Waals surface area contributed by atoms with Crippen molar-refractivity contribution in [3.8, 4) is 5.75 Å². The van der Waals surface area contributed by atoms with Crippen molar-refractivity contribution in [2.24, 2.45) is 0 Å². The van der Waals surface area contributed by atoms with Gasteiger partial charge in [-0.2, -0.15) is 0 Å². The predicted molar refractivity (Wildman–Crippen MR) is 75.0 cm³/mol. The Bertz CT molecular complexity index is 441. The summed E-state index contributed by atoms with van der Waals surface area (Å²) in [5.41, 5.74) is 0.711. The van der Waals surface area contributed by atoms with Gasteiger partial charge in [0.15, 0.2) is 4.99 Å². The van der Waals surface area contributed by atoms with Crippen LogP contribution in [0.5, 0.6) is 5.75 Å². The molecule has 1 aliphatic rings. The van der Waals surface area contributed by atoms with Gasteiger partial charge in [0.05, 0.1) is 6.61 Å². The van der Waals surface area contributed by atoms with Crippen LogP contribution in [0, 0.1) is 0 Å². The highest BCUT2D eigenvalue weighted by Crippen LogP contribution is 2.19. The number of rotatable bonds is 4. The Morgan fingerprint density at radius 3 is 2.61 bits per heavy atom. The third-order valence-corrected chi connectivity index (χ3v) is 2.85.